The van der Waals surface area contributed by atoms with E-state index in [-0.39, 0.29) is 24.4 Å². The number of aliphatic hydroxyl groups is 1. The van der Waals surface area contributed by atoms with Crippen LogP contribution in [0.15, 0.2) is 42.5 Å². The Morgan fingerprint density at radius 3 is 2.33 bits per heavy atom. The van der Waals surface area contributed by atoms with Crippen molar-refractivity contribution in [2.24, 2.45) is 5.92 Å². The number of likely N-dealkylation sites (N-methyl/N-ethyl adjacent to an activating group) is 1. The number of hydrogen-bond donors (Lipinski definition) is 1. The van der Waals surface area contributed by atoms with Crippen LogP contribution in [-0.4, -0.2) is 36.8 Å². The number of halogens is 1. The van der Waals surface area contributed by atoms with Gasteiger partial charge in [-0.15, -0.1) is 12.4 Å². The van der Waals surface area contributed by atoms with Crippen LogP contribution in [0.2, 0.25) is 0 Å². The molecule has 1 aliphatic rings. The Hall–Kier alpha value is -1.09. The Balaban J connectivity index is 0.00000208. The molecule has 1 aliphatic carbocycles. The Kier molecular flexibility index (Phi) is 7.09. The maximum absolute atomic E-state index is 11.1. The van der Waals surface area contributed by atoms with Gasteiger partial charge in [0.15, 0.2) is 0 Å². The van der Waals surface area contributed by atoms with Gasteiger partial charge in [0.05, 0.1) is 6.10 Å². The molecule has 2 atom stereocenters. The minimum Gasteiger partial charge on any atom is -0.392 e. The largest absolute Gasteiger partial charge is 0.392 e. The lowest BCUT2D eigenvalue weighted by atomic mass is 9.78. The molecule has 1 N–H and O–H groups in total. The zero-order chi connectivity index (χ0) is 16.2. The maximum atomic E-state index is 11.1. The molecule has 3 rings (SSSR count). The summed E-state index contributed by atoms with van der Waals surface area (Å²) in [5.74, 6) is 0.651. The molecule has 0 radical (unpaired) electrons. The molecule has 0 aliphatic heterocycles. The van der Waals surface area contributed by atoms with Crippen molar-refractivity contribution in [3.05, 3.63) is 48.0 Å². The highest BCUT2D eigenvalue weighted by Crippen LogP contribution is 2.34. The van der Waals surface area contributed by atoms with Crippen molar-refractivity contribution in [1.29, 1.82) is 0 Å². The molecule has 3 heteroatoms. The number of fused-ring (bicyclic) bond motifs is 1. The Morgan fingerprint density at radius 1 is 1.00 bits per heavy atom. The lowest BCUT2D eigenvalue weighted by Gasteiger charge is -2.34. The number of rotatable bonds is 5. The zero-order valence-electron chi connectivity index (χ0n) is 14.8. The van der Waals surface area contributed by atoms with E-state index in [1.54, 1.807) is 0 Å². The third-order valence-electron chi connectivity index (χ3n) is 5.31. The molecule has 1 saturated carbocycles. The van der Waals surface area contributed by atoms with Crippen LogP contribution in [0.4, 0.5) is 0 Å². The van der Waals surface area contributed by atoms with E-state index in [1.165, 1.54) is 48.4 Å². The highest BCUT2D eigenvalue weighted by molar-refractivity contribution is 5.85. The van der Waals surface area contributed by atoms with Crippen LogP contribution in [0.3, 0.4) is 0 Å². The van der Waals surface area contributed by atoms with E-state index >= 15 is 0 Å². The molecule has 0 heterocycles. The molecule has 24 heavy (non-hydrogen) atoms. The van der Waals surface area contributed by atoms with Gasteiger partial charge in [0, 0.05) is 12.5 Å². The van der Waals surface area contributed by atoms with Gasteiger partial charge >= 0.3 is 0 Å². The molecular formula is C21H30ClNO. The van der Waals surface area contributed by atoms with E-state index in [4.69, 9.17) is 0 Å². The van der Waals surface area contributed by atoms with Gasteiger partial charge in [-0.05, 0) is 49.2 Å². The number of benzene rings is 2. The minimum atomic E-state index is -0.237. The topological polar surface area (TPSA) is 23.5 Å². The predicted molar refractivity (Wildman–Crippen MR) is 105 cm³/mol. The molecule has 2 aromatic carbocycles. The van der Waals surface area contributed by atoms with Crippen molar-refractivity contribution in [3.63, 3.8) is 0 Å². The van der Waals surface area contributed by atoms with Crippen LogP contribution in [-0.2, 0) is 0 Å². The molecule has 0 aromatic heterocycles. The minimum absolute atomic E-state index is 0. The number of aliphatic hydroxyl groups excluding tert-OH is 1. The molecule has 0 bridgehead atoms. The Labute approximate surface area is 152 Å². The first-order valence-corrected chi connectivity index (χ1v) is 8.96. The lowest BCUT2D eigenvalue weighted by molar-refractivity contribution is 0.0520. The highest BCUT2D eigenvalue weighted by Gasteiger charge is 2.30. The summed E-state index contributed by atoms with van der Waals surface area (Å²) in [7, 11) is 4.20. The van der Waals surface area contributed by atoms with E-state index < -0.39 is 0 Å². The van der Waals surface area contributed by atoms with Crippen LogP contribution >= 0.6 is 12.4 Å². The summed E-state index contributed by atoms with van der Waals surface area (Å²) in [6.07, 6.45) is 6.00. The standard InChI is InChI=1S/C21H29NO.ClH/c1-22(2)15-20(21(23)17-9-4-3-5-10-17)19-13-12-16-8-6-7-11-18(16)14-19;/h6-8,11-14,17,20-21,23H,3-5,9-10,15H2,1-2H3;1H/t20-,21?;/m0./s1. The molecule has 0 spiro atoms. The van der Waals surface area contributed by atoms with E-state index in [0.29, 0.717) is 5.92 Å². The van der Waals surface area contributed by atoms with Gasteiger partial charge < -0.3 is 10.0 Å². The van der Waals surface area contributed by atoms with Gasteiger partial charge in [0.1, 0.15) is 0 Å². The van der Waals surface area contributed by atoms with Crippen molar-refractivity contribution in [3.8, 4) is 0 Å². The molecule has 2 aromatic rings. The number of hydrogen-bond acceptors (Lipinski definition) is 2. The average molecular weight is 348 g/mol. The van der Waals surface area contributed by atoms with Gasteiger partial charge in [-0.25, -0.2) is 0 Å². The van der Waals surface area contributed by atoms with Gasteiger partial charge in [-0.2, -0.15) is 0 Å². The first-order valence-electron chi connectivity index (χ1n) is 8.96. The smallest absolute Gasteiger partial charge is 0.0649 e. The van der Waals surface area contributed by atoms with E-state index in [0.717, 1.165) is 6.54 Å². The maximum Gasteiger partial charge on any atom is 0.0649 e. The van der Waals surface area contributed by atoms with Gasteiger partial charge in [0.2, 0.25) is 0 Å². The summed E-state index contributed by atoms with van der Waals surface area (Å²) in [6.45, 7) is 0.899. The summed E-state index contributed by atoms with van der Waals surface area (Å²) in [6, 6.07) is 15.2. The zero-order valence-corrected chi connectivity index (χ0v) is 15.6. The van der Waals surface area contributed by atoms with E-state index in [2.05, 4.69) is 61.5 Å². The van der Waals surface area contributed by atoms with Crippen molar-refractivity contribution in [2.75, 3.05) is 20.6 Å². The molecule has 2 nitrogen and oxygen atoms in total. The number of nitrogens with zero attached hydrogens (tertiary/aromatic N) is 1. The second-order valence-electron chi connectivity index (χ2n) is 7.36. The fourth-order valence-corrected chi connectivity index (χ4v) is 4.05. The lowest BCUT2D eigenvalue weighted by Crippen LogP contribution is -2.35. The van der Waals surface area contributed by atoms with E-state index in [1.807, 2.05) is 0 Å². The molecule has 132 valence electrons. The van der Waals surface area contributed by atoms with Crippen LogP contribution in [0.25, 0.3) is 10.8 Å². The van der Waals surface area contributed by atoms with Crippen molar-refractivity contribution in [2.45, 2.75) is 44.1 Å². The van der Waals surface area contributed by atoms with Crippen molar-refractivity contribution < 1.29 is 5.11 Å². The summed E-state index contributed by atoms with van der Waals surface area (Å²) >= 11 is 0. The van der Waals surface area contributed by atoms with Gasteiger partial charge in [-0.1, -0.05) is 61.7 Å². The second-order valence-corrected chi connectivity index (χ2v) is 7.36. The summed E-state index contributed by atoms with van der Waals surface area (Å²) in [5, 5.41) is 13.6. The van der Waals surface area contributed by atoms with Crippen molar-refractivity contribution in [1.82, 2.24) is 4.90 Å². The van der Waals surface area contributed by atoms with Crippen LogP contribution in [0.1, 0.15) is 43.6 Å². The summed E-state index contributed by atoms with van der Waals surface area (Å²) in [4.78, 5) is 2.20. The highest BCUT2D eigenvalue weighted by atomic mass is 35.5. The van der Waals surface area contributed by atoms with Crippen molar-refractivity contribution >= 4 is 23.2 Å². The molecule has 0 amide bonds. The van der Waals surface area contributed by atoms with Gasteiger partial charge in [0.25, 0.3) is 0 Å². The fourth-order valence-electron chi connectivity index (χ4n) is 4.05. The molecule has 1 unspecified atom stereocenters. The molecule has 1 fully saturated rings. The third kappa shape index (κ3) is 4.50. The van der Waals surface area contributed by atoms with Crippen LogP contribution < -0.4 is 0 Å². The van der Waals surface area contributed by atoms with E-state index in [9.17, 15) is 5.11 Å². The third-order valence-corrected chi connectivity index (χ3v) is 5.31. The van der Waals surface area contributed by atoms with Crippen LogP contribution in [0.5, 0.6) is 0 Å². The second kappa shape index (κ2) is 8.84. The fraction of sp³-hybridized carbons (Fsp3) is 0.524. The predicted octanol–water partition coefficient (Wildman–Crippen LogP) is 4.85. The quantitative estimate of drug-likeness (QED) is 0.835. The Morgan fingerprint density at radius 2 is 1.67 bits per heavy atom. The normalized spacial score (nSPS) is 18.3. The first kappa shape index (κ1) is 19.2. The first-order chi connectivity index (χ1) is 11.1. The van der Waals surface area contributed by atoms with Gasteiger partial charge in [-0.3, -0.25) is 0 Å². The van der Waals surface area contributed by atoms with Crippen LogP contribution in [0, 0.1) is 5.92 Å². The Bertz CT molecular complexity index is 637. The summed E-state index contributed by atoms with van der Waals surface area (Å²) in [5.41, 5.74) is 1.27. The SMILES string of the molecule is CN(C)C[C@@H](c1ccc2ccccc2c1)C(O)C1CCCCC1.Cl. The molecule has 0 saturated heterocycles. The monoisotopic (exact) mass is 347 g/mol. The average Bonchev–Trinajstić information content (AvgIpc) is 2.59. The molecular weight excluding hydrogens is 318 g/mol. The summed E-state index contributed by atoms with van der Waals surface area (Å²) < 4.78 is 0.